The lowest BCUT2D eigenvalue weighted by Crippen LogP contribution is -2.01. The molecule has 0 bridgehead atoms. The molecule has 0 saturated heterocycles. The van der Waals surface area contributed by atoms with Crippen LogP contribution in [0.4, 0.5) is 4.39 Å². The van der Waals surface area contributed by atoms with Crippen LogP contribution in [0.2, 0.25) is 5.02 Å². The third-order valence-electron chi connectivity index (χ3n) is 3.29. The Hall–Kier alpha value is -1.26. The number of methoxy groups -OCH3 is 2. The fourth-order valence-electron chi connectivity index (χ4n) is 2.12. The Morgan fingerprint density at radius 2 is 1.67 bits per heavy atom. The van der Waals surface area contributed by atoms with Crippen LogP contribution in [0.5, 0.6) is 11.5 Å². The number of hydrogen-bond acceptors (Lipinski definition) is 2. The zero-order chi connectivity index (χ0) is 15.6. The van der Waals surface area contributed by atoms with E-state index in [4.69, 9.17) is 21.1 Å². The third kappa shape index (κ3) is 3.33. The second-order valence-corrected chi connectivity index (χ2v) is 5.94. The highest BCUT2D eigenvalue weighted by Crippen LogP contribution is 2.40. The first-order valence-electron chi connectivity index (χ1n) is 6.29. The minimum Gasteiger partial charge on any atom is -0.493 e. The van der Waals surface area contributed by atoms with Crippen LogP contribution in [-0.4, -0.2) is 14.2 Å². The van der Waals surface area contributed by atoms with Gasteiger partial charge < -0.3 is 9.47 Å². The summed E-state index contributed by atoms with van der Waals surface area (Å²) in [4.78, 5) is -0.323. The molecule has 0 radical (unpaired) electrons. The maximum Gasteiger partial charge on any atom is 0.163 e. The summed E-state index contributed by atoms with van der Waals surface area (Å²) in [7, 11) is 3.00. The molecule has 1 atom stereocenters. The van der Waals surface area contributed by atoms with Crippen molar-refractivity contribution in [1.82, 2.24) is 0 Å². The van der Waals surface area contributed by atoms with Crippen LogP contribution in [-0.2, 0) is 0 Å². The smallest absolute Gasteiger partial charge is 0.163 e. The first-order chi connectivity index (χ1) is 9.97. The molecule has 2 nitrogen and oxygen atoms in total. The van der Waals surface area contributed by atoms with Crippen LogP contribution in [0, 0.1) is 12.7 Å². The van der Waals surface area contributed by atoms with E-state index >= 15 is 0 Å². The average Bonchev–Trinajstić information content (AvgIpc) is 2.48. The van der Waals surface area contributed by atoms with E-state index in [0.717, 1.165) is 11.1 Å². The fraction of sp³-hybridized carbons (Fsp3) is 0.250. The van der Waals surface area contributed by atoms with Crippen molar-refractivity contribution in [3.8, 4) is 11.5 Å². The molecule has 1 unspecified atom stereocenters. The zero-order valence-corrected chi connectivity index (χ0v) is 14.3. The Bertz CT molecular complexity index is 661. The molecular formula is C16H15BrClFO2. The van der Waals surface area contributed by atoms with Crippen molar-refractivity contribution in [2.45, 2.75) is 11.8 Å². The Labute approximate surface area is 137 Å². The lowest BCUT2D eigenvalue weighted by Gasteiger charge is -2.17. The predicted octanol–water partition coefficient (Wildman–Crippen LogP) is 5.29. The summed E-state index contributed by atoms with van der Waals surface area (Å²) >= 11 is 9.58. The van der Waals surface area contributed by atoms with Gasteiger partial charge >= 0.3 is 0 Å². The largest absolute Gasteiger partial charge is 0.493 e. The molecule has 0 amide bonds. The Morgan fingerprint density at radius 3 is 2.29 bits per heavy atom. The van der Waals surface area contributed by atoms with Gasteiger partial charge in [0.1, 0.15) is 5.82 Å². The Balaban J connectivity index is 2.52. The van der Waals surface area contributed by atoms with Gasteiger partial charge in [0.15, 0.2) is 11.5 Å². The van der Waals surface area contributed by atoms with Crippen molar-refractivity contribution < 1.29 is 13.9 Å². The number of benzene rings is 2. The summed E-state index contributed by atoms with van der Waals surface area (Å²) in [6.45, 7) is 1.96. The van der Waals surface area contributed by atoms with Crippen molar-refractivity contribution in [1.29, 1.82) is 0 Å². The van der Waals surface area contributed by atoms with Gasteiger partial charge in [-0.1, -0.05) is 33.6 Å². The molecule has 0 N–H and O–H groups in total. The fourth-order valence-corrected chi connectivity index (χ4v) is 3.14. The number of ether oxygens (including phenoxy) is 2. The predicted molar refractivity (Wildman–Crippen MR) is 86.5 cm³/mol. The molecule has 5 heteroatoms. The van der Waals surface area contributed by atoms with Crippen molar-refractivity contribution in [2.75, 3.05) is 14.2 Å². The molecule has 112 valence electrons. The molecular weight excluding hydrogens is 359 g/mol. The molecule has 0 aliphatic heterocycles. The molecule has 0 saturated carbocycles. The molecule has 2 aromatic rings. The van der Waals surface area contributed by atoms with Crippen LogP contribution in [0.1, 0.15) is 21.5 Å². The van der Waals surface area contributed by atoms with E-state index in [1.807, 2.05) is 25.1 Å². The van der Waals surface area contributed by atoms with Gasteiger partial charge in [-0.2, -0.15) is 0 Å². The third-order valence-corrected chi connectivity index (χ3v) is 4.51. The molecule has 0 spiro atoms. The molecule has 21 heavy (non-hydrogen) atoms. The van der Waals surface area contributed by atoms with E-state index in [0.29, 0.717) is 22.1 Å². The highest BCUT2D eigenvalue weighted by Gasteiger charge is 2.20. The molecule has 0 aromatic heterocycles. The Morgan fingerprint density at radius 1 is 1.05 bits per heavy atom. The summed E-state index contributed by atoms with van der Waals surface area (Å²) in [6.07, 6.45) is 0. The van der Waals surface area contributed by atoms with E-state index < -0.39 is 0 Å². The van der Waals surface area contributed by atoms with E-state index in [2.05, 4.69) is 15.9 Å². The van der Waals surface area contributed by atoms with Gasteiger partial charge in [-0.3, -0.25) is 0 Å². The topological polar surface area (TPSA) is 18.5 Å². The lowest BCUT2D eigenvalue weighted by atomic mass is 9.99. The van der Waals surface area contributed by atoms with E-state index in [1.165, 1.54) is 20.3 Å². The normalized spacial score (nSPS) is 12.1. The molecule has 2 rings (SSSR count). The van der Waals surface area contributed by atoms with E-state index in [-0.39, 0.29) is 10.6 Å². The van der Waals surface area contributed by atoms with Gasteiger partial charge in [-0.15, -0.1) is 0 Å². The maximum absolute atomic E-state index is 14.3. The number of hydrogen-bond donors (Lipinski definition) is 0. The SMILES string of the molecule is COc1cc(F)c(C(Br)c2cc(Cl)ccc2C)cc1OC. The quantitative estimate of drug-likeness (QED) is 0.678. The van der Waals surface area contributed by atoms with Gasteiger partial charge in [-0.05, 0) is 36.2 Å². The molecule has 0 heterocycles. The van der Waals surface area contributed by atoms with Crippen LogP contribution in [0.25, 0.3) is 0 Å². The van der Waals surface area contributed by atoms with Gasteiger partial charge in [0.05, 0.1) is 19.0 Å². The second-order valence-electron chi connectivity index (χ2n) is 4.59. The van der Waals surface area contributed by atoms with E-state index in [1.54, 1.807) is 6.07 Å². The summed E-state index contributed by atoms with van der Waals surface area (Å²) in [6, 6.07) is 8.50. The lowest BCUT2D eigenvalue weighted by molar-refractivity contribution is 0.351. The Kier molecular flexibility index (Phi) is 5.12. The molecule has 0 fully saturated rings. The van der Waals surface area contributed by atoms with Gasteiger partial charge in [0, 0.05) is 16.7 Å². The minimum absolute atomic E-state index is 0.323. The van der Waals surface area contributed by atoms with Crippen molar-refractivity contribution in [2.24, 2.45) is 0 Å². The minimum atomic E-state index is -0.367. The van der Waals surface area contributed by atoms with Crippen molar-refractivity contribution >= 4 is 27.5 Å². The summed E-state index contributed by atoms with van der Waals surface area (Å²) in [5, 5.41) is 0.612. The van der Waals surface area contributed by atoms with Crippen molar-refractivity contribution in [3.63, 3.8) is 0 Å². The summed E-state index contributed by atoms with van der Waals surface area (Å²) in [5.41, 5.74) is 2.40. The highest BCUT2D eigenvalue weighted by molar-refractivity contribution is 9.09. The summed E-state index contributed by atoms with van der Waals surface area (Å²) < 4.78 is 24.7. The monoisotopic (exact) mass is 372 g/mol. The molecule has 2 aromatic carbocycles. The van der Waals surface area contributed by atoms with Gasteiger partial charge in [0.2, 0.25) is 0 Å². The van der Waals surface area contributed by atoms with Crippen LogP contribution in [0.15, 0.2) is 30.3 Å². The van der Waals surface area contributed by atoms with Gasteiger partial charge in [-0.25, -0.2) is 4.39 Å². The van der Waals surface area contributed by atoms with Crippen LogP contribution in [0.3, 0.4) is 0 Å². The molecule has 0 aliphatic carbocycles. The highest BCUT2D eigenvalue weighted by atomic mass is 79.9. The number of rotatable bonds is 4. The average molecular weight is 374 g/mol. The molecule has 0 aliphatic rings. The maximum atomic E-state index is 14.3. The van der Waals surface area contributed by atoms with Crippen LogP contribution < -0.4 is 9.47 Å². The summed E-state index contributed by atoms with van der Waals surface area (Å²) in [5.74, 6) is 0.480. The number of alkyl halides is 1. The number of halogens is 3. The second kappa shape index (κ2) is 6.67. The van der Waals surface area contributed by atoms with E-state index in [9.17, 15) is 4.39 Å². The standard InChI is InChI=1S/C16H15BrClFO2/c1-9-4-5-10(18)6-11(9)16(17)12-7-14(20-2)15(21-3)8-13(12)19/h4-8,16H,1-3H3. The van der Waals surface area contributed by atoms with Crippen LogP contribution >= 0.6 is 27.5 Å². The number of aryl methyl sites for hydroxylation is 1. The first-order valence-corrected chi connectivity index (χ1v) is 7.58. The van der Waals surface area contributed by atoms with Crippen molar-refractivity contribution in [3.05, 3.63) is 57.9 Å². The first kappa shape index (κ1) is 16.1. The zero-order valence-electron chi connectivity index (χ0n) is 11.9. The van der Waals surface area contributed by atoms with Gasteiger partial charge in [0.25, 0.3) is 0 Å².